The molecule has 5 atom stereocenters. The van der Waals surface area contributed by atoms with E-state index in [2.05, 4.69) is 17.5 Å². The number of fused-ring (bicyclic) bond motifs is 2. The fourth-order valence-corrected chi connectivity index (χ4v) is 5.19. The molecule has 2 aromatic rings. The number of amides is 2. The van der Waals surface area contributed by atoms with Crippen LogP contribution in [0.3, 0.4) is 0 Å². The topological polar surface area (TPSA) is 67.9 Å². The molecule has 1 fully saturated rings. The van der Waals surface area contributed by atoms with Gasteiger partial charge in [-0.3, -0.25) is 4.90 Å². The Labute approximate surface area is 206 Å². The summed E-state index contributed by atoms with van der Waals surface area (Å²) in [5, 5.41) is 2.88. The molecule has 0 aromatic heterocycles. The van der Waals surface area contributed by atoms with Crippen LogP contribution in [0.15, 0.2) is 72.8 Å². The van der Waals surface area contributed by atoms with Gasteiger partial charge in [0.25, 0.3) is 0 Å². The molecule has 2 bridgehead atoms. The number of hydrogen-bond donors (Lipinski definition) is 1. The highest BCUT2D eigenvalue weighted by molar-refractivity contribution is 5.71. The molecular weight excluding hydrogens is 447 g/mol. The third kappa shape index (κ3) is 5.84. The van der Waals surface area contributed by atoms with Crippen molar-refractivity contribution in [3.05, 3.63) is 83.9 Å². The quantitative estimate of drug-likeness (QED) is 0.448. The highest BCUT2D eigenvalue weighted by Crippen LogP contribution is 2.51. The molecule has 186 valence electrons. The fourth-order valence-electron chi connectivity index (χ4n) is 5.19. The number of carbonyl (C=O) groups excluding carboxylic acids is 2. The van der Waals surface area contributed by atoms with Crippen LogP contribution in [0.2, 0.25) is 0 Å². The van der Waals surface area contributed by atoms with E-state index in [0.29, 0.717) is 13.0 Å². The molecule has 2 aliphatic rings. The normalized spacial score (nSPS) is 25.2. The van der Waals surface area contributed by atoms with E-state index in [4.69, 9.17) is 9.47 Å². The Morgan fingerprint density at radius 3 is 2.43 bits per heavy atom. The zero-order valence-corrected chi connectivity index (χ0v) is 20.2. The third-order valence-electron chi connectivity index (χ3n) is 6.91. The fraction of sp³-hybridized carbons (Fsp3) is 0.429. The van der Waals surface area contributed by atoms with E-state index in [1.54, 1.807) is 4.90 Å². The lowest BCUT2D eigenvalue weighted by atomic mass is 9.83. The number of alkyl carbamates (subject to hydrolysis) is 1. The Hall–Kier alpha value is -3.35. The predicted molar refractivity (Wildman–Crippen MR) is 131 cm³/mol. The Balaban J connectivity index is 1.56. The highest BCUT2D eigenvalue weighted by Gasteiger charge is 2.56. The Morgan fingerprint density at radius 2 is 1.77 bits per heavy atom. The lowest BCUT2D eigenvalue weighted by Crippen LogP contribution is -2.57. The van der Waals surface area contributed by atoms with Crippen LogP contribution in [0, 0.1) is 11.3 Å². The van der Waals surface area contributed by atoms with Gasteiger partial charge in [-0.25, -0.2) is 14.0 Å². The molecule has 6 nitrogen and oxygen atoms in total. The SMILES string of the molecule is CCCC(F)OC(=O)N[C@H]1[C@H](N(Cc2ccccc2)C(=O)OCc2ccccc2)C2C=CC1(C)C2. The highest BCUT2D eigenvalue weighted by atomic mass is 19.1. The molecule has 1 saturated carbocycles. The van der Waals surface area contributed by atoms with Gasteiger partial charge in [0.15, 0.2) is 0 Å². The molecule has 7 heteroatoms. The minimum absolute atomic E-state index is 0.0371. The molecule has 1 N–H and O–H groups in total. The van der Waals surface area contributed by atoms with Gasteiger partial charge in [-0.1, -0.05) is 86.7 Å². The zero-order chi connectivity index (χ0) is 24.8. The van der Waals surface area contributed by atoms with Crippen LogP contribution in [0.1, 0.15) is 44.2 Å². The monoisotopic (exact) mass is 480 g/mol. The minimum Gasteiger partial charge on any atom is -0.445 e. The van der Waals surface area contributed by atoms with E-state index in [1.807, 2.05) is 74.5 Å². The lowest BCUT2D eigenvalue weighted by Gasteiger charge is -2.40. The maximum atomic E-state index is 14.0. The average molecular weight is 481 g/mol. The first-order chi connectivity index (χ1) is 16.9. The van der Waals surface area contributed by atoms with Gasteiger partial charge in [0.1, 0.15) is 6.61 Å². The second-order valence-electron chi connectivity index (χ2n) is 9.60. The van der Waals surface area contributed by atoms with Gasteiger partial charge in [-0.05, 0) is 24.0 Å². The van der Waals surface area contributed by atoms with E-state index in [-0.39, 0.29) is 30.4 Å². The number of benzene rings is 2. The molecule has 2 amide bonds. The Kier molecular flexibility index (Phi) is 7.73. The molecule has 0 radical (unpaired) electrons. The largest absolute Gasteiger partial charge is 0.445 e. The standard InChI is InChI=1S/C28H33FN2O4/c1-3-10-23(29)35-26(32)30-25-24(22-15-16-28(25,2)17-22)31(18-20-11-6-4-7-12-20)27(33)34-19-21-13-8-5-9-14-21/h4-9,11-16,22-25H,3,10,17-19H2,1-2H3,(H,30,32)/t22?,23?,24-,25+,28?/m1/s1. The van der Waals surface area contributed by atoms with E-state index in [1.165, 1.54) is 0 Å². The summed E-state index contributed by atoms with van der Waals surface area (Å²) in [5.41, 5.74) is 1.47. The number of nitrogens with one attached hydrogen (secondary N) is 1. The summed E-state index contributed by atoms with van der Waals surface area (Å²) in [6.45, 7) is 4.35. The van der Waals surface area contributed by atoms with Crippen molar-refractivity contribution < 1.29 is 23.5 Å². The Bertz CT molecular complexity index is 1030. The minimum atomic E-state index is -1.66. The predicted octanol–water partition coefficient (Wildman–Crippen LogP) is 5.98. The smallest absolute Gasteiger partial charge is 0.410 e. The van der Waals surface area contributed by atoms with Gasteiger partial charge in [0.2, 0.25) is 6.36 Å². The number of ether oxygens (including phenoxy) is 2. The third-order valence-corrected chi connectivity index (χ3v) is 6.91. The van der Waals surface area contributed by atoms with Gasteiger partial charge in [0, 0.05) is 24.3 Å². The summed E-state index contributed by atoms with van der Waals surface area (Å²) >= 11 is 0. The van der Waals surface area contributed by atoms with Crippen LogP contribution in [0.5, 0.6) is 0 Å². The maximum Gasteiger partial charge on any atom is 0.410 e. The van der Waals surface area contributed by atoms with Crippen LogP contribution >= 0.6 is 0 Å². The molecule has 35 heavy (non-hydrogen) atoms. The van der Waals surface area contributed by atoms with Crippen molar-refractivity contribution in [3.8, 4) is 0 Å². The average Bonchev–Trinajstić information content (AvgIpc) is 3.36. The first-order valence-corrected chi connectivity index (χ1v) is 12.2. The van der Waals surface area contributed by atoms with E-state index in [0.717, 1.165) is 17.5 Å². The van der Waals surface area contributed by atoms with Gasteiger partial charge >= 0.3 is 12.2 Å². The number of hydrogen-bond acceptors (Lipinski definition) is 4. The van der Waals surface area contributed by atoms with E-state index >= 15 is 0 Å². The number of alkyl halides is 1. The summed E-state index contributed by atoms with van der Waals surface area (Å²) in [6, 6.07) is 18.4. The number of carbonyl (C=O) groups is 2. The summed E-state index contributed by atoms with van der Waals surface area (Å²) in [4.78, 5) is 27.7. The van der Waals surface area contributed by atoms with Crippen molar-refractivity contribution in [2.24, 2.45) is 11.3 Å². The molecular formula is C28H33FN2O4. The lowest BCUT2D eigenvalue weighted by molar-refractivity contribution is 0.00190. The second kappa shape index (κ2) is 10.9. The first kappa shape index (κ1) is 24.8. The number of nitrogens with zero attached hydrogens (tertiary/aromatic N) is 1. The molecule has 0 saturated heterocycles. The summed E-state index contributed by atoms with van der Waals surface area (Å²) < 4.78 is 24.6. The van der Waals surface area contributed by atoms with Crippen LogP contribution in [-0.2, 0) is 22.6 Å². The Morgan fingerprint density at radius 1 is 1.11 bits per heavy atom. The van der Waals surface area contributed by atoms with Crippen molar-refractivity contribution in [3.63, 3.8) is 0 Å². The molecule has 3 unspecified atom stereocenters. The van der Waals surface area contributed by atoms with Gasteiger partial charge in [-0.2, -0.15) is 0 Å². The van der Waals surface area contributed by atoms with Crippen LogP contribution < -0.4 is 5.32 Å². The van der Waals surface area contributed by atoms with Crippen molar-refractivity contribution >= 4 is 12.2 Å². The van der Waals surface area contributed by atoms with Gasteiger partial charge < -0.3 is 14.8 Å². The van der Waals surface area contributed by atoms with Crippen molar-refractivity contribution in [2.45, 2.75) is 64.7 Å². The molecule has 2 aliphatic carbocycles. The number of rotatable bonds is 9. The molecule has 0 spiro atoms. The van der Waals surface area contributed by atoms with Crippen LogP contribution in [-0.4, -0.2) is 35.5 Å². The first-order valence-electron chi connectivity index (χ1n) is 12.2. The number of halogens is 1. The van der Waals surface area contributed by atoms with Crippen LogP contribution in [0.25, 0.3) is 0 Å². The van der Waals surface area contributed by atoms with Crippen molar-refractivity contribution in [1.82, 2.24) is 10.2 Å². The van der Waals surface area contributed by atoms with E-state index in [9.17, 15) is 14.0 Å². The van der Waals surface area contributed by atoms with Crippen molar-refractivity contribution in [2.75, 3.05) is 0 Å². The summed E-state index contributed by atoms with van der Waals surface area (Å²) in [5.74, 6) is 0.0371. The van der Waals surface area contributed by atoms with E-state index < -0.39 is 24.6 Å². The maximum absolute atomic E-state index is 14.0. The van der Waals surface area contributed by atoms with Gasteiger partial charge in [0.05, 0.1) is 12.1 Å². The van der Waals surface area contributed by atoms with Crippen LogP contribution in [0.4, 0.5) is 14.0 Å². The summed E-state index contributed by atoms with van der Waals surface area (Å²) in [6.07, 6.45) is 2.75. The molecule has 0 aliphatic heterocycles. The van der Waals surface area contributed by atoms with Crippen molar-refractivity contribution in [1.29, 1.82) is 0 Å². The summed E-state index contributed by atoms with van der Waals surface area (Å²) in [7, 11) is 0. The molecule has 2 aromatic carbocycles. The van der Waals surface area contributed by atoms with Gasteiger partial charge in [-0.15, -0.1) is 0 Å². The molecule has 4 rings (SSSR count). The molecule has 0 heterocycles. The zero-order valence-electron chi connectivity index (χ0n) is 20.2. The second-order valence-corrected chi connectivity index (χ2v) is 9.60.